The smallest absolute Gasteiger partial charge is 0.317 e. The molecule has 0 saturated carbocycles. The van der Waals surface area contributed by atoms with Crippen LogP contribution in [0, 0.1) is 0 Å². The molecule has 0 aromatic rings. The lowest BCUT2D eigenvalue weighted by molar-refractivity contribution is -0.137. The molecule has 110 valence electrons. The molecule has 0 unspecified atom stereocenters. The van der Waals surface area contributed by atoms with E-state index in [-0.39, 0.29) is 37.9 Å². The molecule has 3 amide bonds. The van der Waals surface area contributed by atoms with Crippen LogP contribution in [-0.4, -0.2) is 53.6 Å². The maximum atomic E-state index is 12.0. The molecule has 0 aliphatic carbocycles. The summed E-state index contributed by atoms with van der Waals surface area (Å²) in [5, 5.41) is 13.7. The van der Waals surface area contributed by atoms with Crippen molar-refractivity contribution < 1.29 is 19.5 Å². The second-order valence-electron chi connectivity index (χ2n) is 5.12. The first-order valence-corrected chi connectivity index (χ1v) is 6.16. The van der Waals surface area contributed by atoms with Gasteiger partial charge in [-0.3, -0.25) is 9.59 Å². The molecular weight excluding hydrogens is 250 g/mol. The quantitative estimate of drug-likeness (QED) is 0.652. The molecule has 3 N–H and O–H groups in total. The van der Waals surface area contributed by atoms with Crippen molar-refractivity contribution in [3.8, 4) is 0 Å². The molecule has 0 aliphatic heterocycles. The van der Waals surface area contributed by atoms with E-state index in [1.54, 1.807) is 0 Å². The van der Waals surface area contributed by atoms with Gasteiger partial charge in [0.15, 0.2) is 0 Å². The van der Waals surface area contributed by atoms with Crippen LogP contribution in [0.25, 0.3) is 0 Å². The van der Waals surface area contributed by atoms with E-state index in [1.165, 1.54) is 11.9 Å². The predicted octanol–water partition coefficient (Wildman–Crippen LogP) is 0.407. The van der Waals surface area contributed by atoms with Crippen LogP contribution in [0.2, 0.25) is 0 Å². The first-order chi connectivity index (χ1) is 8.68. The van der Waals surface area contributed by atoms with Crippen molar-refractivity contribution in [3.63, 3.8) is 0 Å². The summed E-state index contributed by atoms with van der Waals surface area (Å²) in [6.07, 6.45) is 0.0826. The number of carboxylic acid groups (broad SMARTS) is 1. The fourth-order valence-corrected chi connectivity index (χ4v) is 1.45. The van der Waals surface area contributed by atoms with E-state index in [1.807, 2.05) is 20.8 Å². The first-order valence-electron chi connectivity index (χ1n) is 6.16. The third-order valence-corrected chi connectivity index (χ3v) is 2.51. The zero-order valence-electron chi connectivity index (χ0n) is 11.9. The van der Waals surface area contributed by atoms with Gasteiger partial charge in [0.2, 0.25) is 5.91 Å². The van der Waals surface area contributed by atoms with Crippen molar-refractivity contribution in [1.29, 1.82) is 0 Å². The van der Waals surface area contributed by atoms with Crippen LogP contribution < -0.4 is 10.6 Å². The molecule has 0 saturated heterocycles. The summed E-state index contributed by atoms with van der Waals surface area (Å²) in [5.41, 5.74) is -0.480. The minimum atomic E-state index is -0.951. The van der Waals surface area contributed by atoms with E-state index in [4.69, 9.17) is 5.11 Å². The highest BCUT2D eigenvalue weighted by atomic mass is 16.4. The monoisotopic (exact) mass is 273 g/mol. The van der Waals surface area contributed by atoms with Gasteiger partial charge in [-0.15, -0.1) is 0 Å². The number of carboxylic acids is 1. The van der Waals surface area contributed by atoms with Crippen LogP contribution in [-0.2, 0) is 9.59 Å². The normalized spacial score (nSPS) is 10.7. The zero-order chi connectivity index (χ0) is 15.1. The molecule has 7 heteroatoms. The lowest BCUT2D eigenvalue weighted by Gasteiger charge is -2.35. The minimum Gasteiger partial charge on any atom is -0.481 e. The van der Waals surface area contributed by atoms with Crippen LogP contribution in [0.1, 0.15) is 33.6 Å². The van der Waals surface area contributed by atoms with Gasteiger partial charge < -0.3 is 20.6 Å². The molecule has 0 radical (unpaired) electrons. The number of hydrogen-bond acceptors (Lipinski definition) is 3. The summed E-state index contributed by atoms with van der Waals surface area (Å²) in [4.78, 5) is 35.0. The largest absolute Gasteiger partial charge is 0.481 e. The van der Waals surface area contributed by atoms with E-state index in [0.29, 0.717) is 0 Å². The van der Waals surface area contributed by atoms with Crippen molar-refractivity contribution in [2.24, 2.45) is 0 Å². The van der Waals surface area contributed by atoms with Gasteiger partial charge in [-0.25, -0.2) is 4.79 Å². The molecule has 0 aromatic carbocycles. The van der Waals surface area contributed by atoms with Gasteiger partial charge in [0, 0.05) is 32.1 Å². The van der Waals surface area contributed by atoms with E-state index in [0.717, 1.165) is 0 Å². The van der Waals surface area contributed by atoms with Crippen LogP contribution in [0.3, 0.4) is 0 Å². The average Bonchev–Trinajstić information content (AvgIpc) is 2.26. The molecule has 0 spiro atoms. The van der Waals surface area contributed by atoms with Gasteiger partial charge in [-0.05, 0) is 20.8 Å². The molecular formula is C12H23N3O4. The Balaban J connectivity index is 4.39. The Morgan fingerprint density at radius 2 is 1.74 bits per heavy atom. The van der Waals surface area contributed by atoms with Gasteiger partial charge >= 0.3 is 12.0 Å². The SMILES string of the molecule is CNC(=O)CCNC(=O)N(CCC(=O)O)C(C)(C)C. The lowest BCUT2D eigenvalue weighted by Crippen LogP contribution is -2.51. The van der Waals surface area contributed by atoms with Crippen LogP contribution in [0.15, 0.2) is 0 Å². The van der Waals surface area contributed by atoms with Gasteiger partial charge in [0.05, 0.1) is 6.42 Å². The summed E-state index contributed by atoms with van der Waals surface area (Å²) in [5.74, 6) is -1.11. The average molecular weight is 273 g/mol. The molecule has 7 nitrogen and oxygen atoms in total. The van der Waals surface area contributed by atoms with E-state index in [9.17, 15) is 14.4 Å². The number of aliphatic carboxylic acids is 1. The predicted molar refractivity (Wildman–Crippen MR) is 70.8 cm³/mol. The summed E-state index contributed by atoms with van der Waals surface area (Å²) < 4.78 is 0. The minimum absolute atomic E-state index is 0.111. The lowest BCUT2D eigenvalue weighted by atomic mass is 10.1. The third kappa shape index (κ3) is 7.28. The standard InChI is InChI=1S/C12H23N3O4/c1-12(2,3)15(8-6-10(17)18)11(19)14-7-5-9(16)13-4/h5-8H2,1-4H3,(H,13,16)(H,14,19)(H,17,18). The van der Waals surface area contributed by atoms with E-state index >= 15 is 0 Å². The fourth-order valence-electron chi connectivity index (χ4n) is 1.45. The summed E-state index contributed by atoms with van der Waals surface area (Å²) in [6.45, 7) is 5.83. The summed E-state index contributed by atoms with van der Waals surface area (Å²) in [6, 6.07) is -0.363. The van der Waals surface area contributed by atoms with Gasteiger partial charge in [0.1, 0.15) is 0 Å². The summed E-state index contributed by atoms with van der Waals surface area (Å²) in [7, 11) is 1.53. The molecule has 19 heavy (non-hydrogen) atoms. The van der Waals surface area contributed by atoms with Crippen LogP contribution in [0.5, 0.6) is 0 Å². The Hall–Kier alpha value is -1.79. The molecule has 0 heterocycles. The zero-order valence-corrected chi connectivity index (χ0v) is 11.9. The number of amides is 3. The Morgan fingerprint density at radius 1 is 1.16 bits per heavy atom. The van der Waals surface area contributed by atoms with Crippen LogP contribution >= 0.6 is 0 Å². The van der Waals surface area contributed by atoms with Crippen molar-refractivity contribution in [1.82, 2.24) is 15.5 Å². The molecule has 0 bridgehead atoms. The number of nitrogens with one attached hydrogen (secondary N) is 2. The number of nitrogens with zero attached hydrogens (tertiary/aromatic N) is 1. The Morgan fingerprint density at radius 3 is 2.16 bits per heavy atom. The molecule has 0 fully saturated rings. The van der Waals surface area contributed by atoms with Crippen LogP contribution in [0.4, 0.5) is 4.79 Å². The highest BCUT2D eigenvalue weighted by molar-refractivity contribution is 5.78. The number of urea groups is 1. The van der Waals surface area contributed by atoms with Gasteiger partial charge in [-0.2, -0.15) is 0 Å². The number of carbonyl (C=O) groups excluding carboxylic acids is 2. The van der Waals surface area contributed by atoms with Gasteiger partial charge in [-0.1, -0.05) is 0 Å². The molecule has 0 rings (SSSR count). The van der Waals surface area contributed by atoms with E-state index in [2.05, 4.69) is 10.6 Å². The first kappa shape index (κ1) is 17.2. The van der Waals surface area contributed by atoms with Crippen molar-refractivity contribution in [3.05, 3.63) is 0 Å². The molecule has 0 atom stereocenters. The number of carbonyl (C=O) groups is 3. The second kappa shape index (κ2) is 7.60. The number of hydrogen-bond donors (Lipinski definition) is 3. The molecule has 0 aliphatic rings. The maximum Gasteiger partial charge on any atom is 0.317 e. The van der Waals surface area contributed by atoms with Crippen molar-refractivity contribution in [2.75, 3.05) is 20.1 Å². The van der Waals surface area contributed by atoms with Crippen molar-refractivity contribution in [2.45, 2.75) is 39.2 Å². The van der Waals surface area contributed by atoms with Gasteiger partial charge in [0.25, 0.3) is 0 Å². The fraction of sp³-hybridized carbons (Fsp3) is 0.750. The Labute approximate surface area is 113 Å². The second-order valence-corrected chi connectivity index (χ2v) is 5.12. The van der Waals surface area contributed by atoms with E-state index < -0.39 is 11.5 Å². The topological polar surface area (TPSA) is 98.7 Å². The Kier molecular flexibility index (Phi) is 6.89. The number of rotatable bonds is 6. The molecule has 0 aromatic heterocycles. The third-order valence-electron chi connectivity index (χ3n) is 2.51. The summed E-state index contributed by atoms with van der Waals surface area (Å²) >= 11 is 0. The highest BCUT2D eigenvalue weighted by Gasteiger charge is 2.26. The Bertz CT molecular complexity index is 336. The maximum absolute atomic E-state index is 12.0. The van der Waals surface area contributed by atoms with Crippen molar-refractivity contribution >= 4 is 17.9 Å². The highest BCUT2D eigenvalue weighted by Crippen LogP contribution is 2.13.